The number of rotatable bonds is 2. The van der Waals surface area contributed by atoms with Crippen molar-refractivity contribution in [1.82, 2.24) is 9.97 Å². The molecule has 0 aliphatic heterocycles. The third-order valence-corrected chi connectivity index (χ3v) is 2.31. The highest BCUT2D eigenvalue weighted by Crippen LogP contribution is 2.21. The summed E-state index contributed by atoms with van der Waals surface area (Å²) in [6.07, 6.45) is 9.81. The Hall–Kier alpha value is -1.84. The first-order chi connectivity index (χ1) is 7.31. The van der Waals surface area contributed by atoms with Crippen molar-refractivity contribution in [2.45, 2.75) is 12.8 Å². The number of H-pyrrole nitrogens is 1. The van der Waals surface area contributed by atoms with Crippen LogP contribution in [0.5, 0.6) is 0 Å². The van der Waals surface area contributed by atoms with Gasteiger partial charge >= 0.3 is 5.97 Å². The number of carbonyl (C=O) groups excluding carboxylic acids is 1. The maximum absolute atomic E-state index is 11.2. The van der Waals surface area contributed by atoms with Crippen molar-refractivity contribution in [3.05, 3.63) is 35.9 Å². The van der Waals surface area contributed by atoms with E-state index in [1.54, 1.807) is 6.20 Å². The smallest absolute Gasteiger partial charge is 0.374 e. The first-order valence-corrected chi connectivity index (χ1v) is 4.80. The second-order valence-corrected chi connectivity index (χ2v) is 3.30. The molecule has 1 heterocycles. The minimum absolute atomic E-state index is 0.253. The standard InChI is InChI=1S/C11H12N2O2/c1-15-11(14)10-12-7-9(13-10)8-5-3-2-4-6-8/h2-3,5,7H,4,6H2,1H3,(H,12,13). The van der Waals surface area contributed by atoms with Gasteiger partial charge in [0.05, 0.1) is 19.0 Å². The summed E-state index contributed by atoms with van der Waals surface area (Å²) in [5.41, 5.74) is 2.06. The zero-order valence-electron chi connectivity index (χ0n) is 8.49. The molecular formula is C11H12N2O2. The Morgan fingerprint density at radius 1 is 1.60 bits per heavy atom. The fraction of sp³-hybridized carbons (Fsp3) is 0.273. The molecule has 0 spiro atoms. The molecule has 1 aliphatic carbocycles. The first kappa shape index (κ1) is 9.71. The van der Waals surface area contributed by atoms with E-state index in [0.29, 0.717) is 0 Å². The summed E-state index contributed by atoms with van der Waals surface area (Å²) < 4.78 is 4.57. The highest BCUT2D eigenvalue weighted by molar-refractivity contribution is 5.85. The molecule has 15 heavy (non-hydrogen) atoms. The molecule has 1 aromatic heterocycles. The highest BCUT2D eigenvalue weighted by atomic mass is 16.5. The number of nitrogens with one attached hydrogen (secondary N) is 1. The molecule has 78 valence electrons. The van der Waals surface area contributed by atoms with Gasteiger partial charge < -0.3 is 9.72 Å². The van der Waals surface area contributed by atoms with Gasteiger partial charge in [-0.05, 0) is 18.4 Å². The van der Waals surface area contributed by atoms with E-state index in [-0.39, 0.29) is 5.82 Å². The fourth-order valence-electron chi connectivity index (χ4n) is 1.51. The lowest BCUT2D eigenvalue weighted by atomic mass is 10.0. The monoisotopic (exact) mass is 204 g/mol. The van der Waals surface area contributed by atoms with Gasteiger partial charge in [-0.25, -0.2) is 9.78 Å². The molecule has 0 fully saturated rings. The Balaban J connectivity index is 2.23. The summed E-state index contributed by atoms with van der Waals surface area (Å²) in [4.78, 5) is 18.1. The summed E-state index contributed by atoms with van der Waals surface area (Å²) in [5, 5.41) is 0. The van der Waals surface area contributed by atoms with Crippen molar-refractivity contribution in [1.29, 1.82) is 0 Å². The molecule has 1 aromatic rings. The number of aromatic nitrogens is 2. The quantitative estimate of drug-likeness (QED) is 0.749. The number of imidazole rings is 1. The molecule has 0 unspecified atom stereocenters. The number of allylic oxidation sites excluding steroid dienone is 4. The van der Waals surface area contributed by atoms with Crippen LogP contribution in [0.3, 0.4) is 0 Å². The lowest BCUT2D eigenvalue weighted by Gasteiger charge is -2.05. The van der Waals surface area contributed by atoms with E-state index in [1.165, 1.54) is 12.7 Å². The van der Waals surface area contributed by atoms with E-state index in [4.69, 9.17) is 0 Å². The van der Waals surface area contributed by atoms with Crippen LogP contribution in [-0.2, 0) is 4.74 Å². The Morgan fingerprint density at radius 3 is 3.13 bits per heavy atom. The Labute approximate surface area is 87.7 Å². The third-order valence-electron chi connectivity index (χ3n) is 2.31. The number of methoxy groups -OCH3 is 1. The number of carbonyl (C=O) groups is 1. The van der Waals surface area contributed by atoms with E-state index in [0.717, 1.165) is 18.5 Å². The van der Waals surface area contributed by atoms with Crippen LogP contribution in [0.4, 0.5) is 0 Å². The van der Waals surface area contributed by atoms with Crippen LogP contribution in [0.15, 0.2) is 24.4 Å². The van der Waals surface area contributed by atoms with Crippen molar-refractivity contribution in [2.24, 2.45) is 0 Å². The largest absolute Gasteiger partial charge is 0.463 e. The topological polar surface area (TPSA) is 55.0 Å². The van der Waals surface area contributed by atoms with Crippen LogP contribution < -0.4 is 0 Å². The average molecular weight is 204 g/mol. The molecule has 0 saturated carbocycles. The summed E-state index contributed by atoms with van der Waals surface area (Å²) in [6.45, 7) is 0. The SMILES string of the molecule is COC(=O)c1ncc(C2=CC=CCC2)[nH]1. The van der Waals surface area contributed by atoms with Gasteiger partial charge in [-0.1, -0.05) is 18.2 Å². The van der Waals surface area contributed by atoms with Gasteiger partial charge in [0.2, 0.25) is 5.82 Å². The van der Waals surface area contributed by atoms with Crippen molar-refractivity contribution in [3.8, 4) is 0 Å². The first-order valence-electron chi connectivity index (χ1n) is 4.80. The van der Waals surface area contributed by atoms with Crippen LogP contribution in [0.1, 0.15) is 29.2 Å². The molecule has 1 N–H and O–H groups in total. The molecule has 0 aromatic carbocycles. The van der Waals surface area contributed by atoms with E-state index >= 15 is 0 Å². The van der Waals surface area contributed by atoms with Gasteiger partial charge in [0.1, 0.15) is 0 Å². The van der Waals surface area contributed by atoms with Crippen molar-refractivity contribution in [2.75, 3.05) is 7.11 Å². The third kappa shape index (κ3) is 1.98. The van der Waals surface area contributed by atoms with Crippen molar-refractivity contribution in [3.63, 3.8) is 0 Å². The number of hydrogen-bond acceptors (Lipinski definition) is 3. The molecule has 2 rings (SSSR count). The molecule has 1 aliphatic rings. The maximum atomic E-state index is 11.2. The Morgan fingerprint density at radius 2 is 2.47 bits per heavy atom. The minimum atomic E-state index is -0.437. The number of aromatic amines is 1. The normalized spacial score (nSPS) is 14.9. The minimum Gasteiger partial charge on any atom is -0.463 e. The summed E-state index contributed by atoms with van der Waals surface area (Å²) in [6, 6.07) is 0. The highest BCUT2D eigenvalue weighted by Gasteiger charge is 2.12. The lowest BCUT2D eigenvalue weighted by Crippen LogP contribution is -2.03. The average Bonchev–Trinajstić information content (AvgIpc) is 2.78. The molecule has 4 heteroatoms. The lowest BCUT2D eigenvalue weighted by molar-refractivity contribution is 0.0588. The zero-order valence-corrected chi connectivity index (χ0v) is 8.49. The molecule has 4 nitrogen and oxygen atoms in total. The van der Waals surface area contributed by atoms with Gasteiger partial charge in [-0.3, -0.25) is 0 Å². The fourth-order valence-corrected chi connectivity index (χ4v) is 1.51. The number of ether oxygens (including phenoxy) is 1. The van der Waals surface area contributed by atoms with Gasteiger partial charge in [-0.15, -0.1) is 0 Å². The predicted molar refractivity (Wildman–Crippen MR) is 56.3 cm³/mol. The second kappa shape index (κ2) is 4.13. The van der Waals surface area contributed by atoms with Gasteiger partial charge in [0.25, 0.3) is 0 Å². The summed E-state index contributed by atoms with van der Waals surface area (Å²) >= 11 is 0. The van der Waals surface area contributed by atoms with E-state index in [9.17, 15) is 4.79 Å². The van der Waals surface area contributed by atoms with Crippen LogP contribution in [-0.4, -0.2) is 23.0 Å². The number of nitrogens with zero attached hydrogens (tertiary/aromatic N) is 1. The predicted octanol–water partition coefficient (Wildman–Crippen LogP) is 1.93. The number of esters is 1. The maximum Gasteiger partial charge on any atom is 0.374 e. The van der Waals surface area contributed by atoms with Crippen molar-refractivity contribution < 1.29 is 9.53 Å². The van der Waals surface area contributed by atoms with Crippen molar-refractivity contribution >= 4 is 11.5 Å². The van der Waals surface area contributed by atoms with E-state index < -0.39 is 5.97 Å². The van der Waals surface area contributed by atoms with Gasteiger partial charge in [0.15, 0.2) is 0 Å². The van der Waals surface area contributed by atoms with Crippen LogP contribution in [0.25, 0.3) is 5.57 Å². The number of hydrogen-bond donors (Lipinski definition) is 1. The Bertz CT molecular complexity index is 430. The molecule has 0 radical (unpaired) electrons. The van der Waals surface area contributed by atoms with E-state index in [1.807, 2.05) is 12.2 Å². The van der Waals surface area contributed by atoms with Gasteiger partial charge in [-0.2, -0.15) is 0 Å². The molecule has 0 atom stereocenters. The van der Waals surface area contributed by atoms with Crippen LogP contribution in [0, 0.1) is 0 Å². The zero-order chi connectivity index (χ0) is 10.7. The molecular weight excluding hydrogens is 192 g/mol. The van der Waals surface area contributed by atoms with Crippen LogP contribution in [0.2, 0.25) is 0 Å². The van der Waals surface area contributed by atoms with Gasteiger partial charge in [0, 0.05) is 0 Å². The summed E-state index contributed by atoms with van der Waals surface area (Å²) in [5.74, 6) is -0.184. The molecule has 0 saturated heterocycles. The summed E-state index contributed by atoms with van der Waals surface area (Å²) in [7, 11) is 1.34. The molecule has 0 bridgehead atoms. The van der Waals surface area contributed by atoms with E-state index in [2.05, 4.69) is 20.8 Å². The Kier molecular flexibility index (Phi) is 2.67. The van der Waals surface area contributed by atoms with Crippen LogP contribution >= 0.6 is 0 Å². The second-order valence-electron chi connectivity index (χ2n) is 3.30. The molecule has 0 amide bonds.